The first-order valence-corrected chi connectivity index (χ1v) is 7.61. The van der Waals surface area contributed by atoms with Crippen molar-refractivity contribution in [2.75, 3.05) is 0 Å². The highest BCUT2D eigenvalue weighted by Gasteiger charge is 2.09. The van der Waals surface area contributed by atoms with E-state index >= 15 is 0 Å². The van der Waals surface area contributed by atoms with Gasteiger partial charge in [0.2, 0.25) is 0 Å². The Hall–Kier alpha value is -2.04. The predicted molar refractivity (Wildman–Crippen MR) is 84.6 cm³/mol. The van der Waals surface area contributed by atoms with E-state index in [-0.39, 0.29) is 5.82 Å². The van der Waals surface area contributed by atoms with E-state index in [2.05, 4.69) is 4.98 Å². The van der Waals surface area contributed by atoms with Gasteiger partial charge in [0.25, 0.3) is 0 Å². The molecule has 1 heterocycles. The zero-order valence-electron chi connectivity index (χ0n) is 11.4. The fourth-order valence-corrected chi connectivity index (χ4v) is 3.01. The molecule has 0 radical (unpaired) electrons. The van der Waals surface area contributed by atoms with Gasteiger partial charge in [0.15, 0.2) is 0 Å². The second-order valence-electron chi connectivity index (χ2n) is 4.80. The second kappa shape index (κ2) is 6.16. The van der Waals surface area contributed by atoms with Crippen LogP contribution in [0, 0.1) is 5.82 Å². The van der Waals surface area contributed by atoms with E-state index in [0.29, 0.717) is 18.5 Å². The summed E-state index contributed by atoms with van der Waals surface area (Å²) in [6.07, 6.45) is 0.497. The minimum absolute atomic E-state index is 0.205. The van der Waals surface area contributed by atoms with Crippen LogP contribution in [0.1, 0.15) is 16.1 Å². The molecule has 0 unspecified atom stereocenters. The van der Waals surface area contributed by atoms with Gasteiger partial charge >= 0.3 is 0 Å². The van der Waals surface area contributed by atoms with Crippen molar-refractivity contribution in [1.29, 1.82) is 0 Å². The molecule has 0 spiro atoms. The molecule has 106 valence electrons. The van der Waals surface area contributed by atoms with Crippen LogP contribution in [0.15, 0.2) is 53.9 Å². The third-order valence-corrected chi connectivity index (χ3v) is 4.16. The molecule has 0 fully saturated rings. The fourth-order valence-electron chi connectivity index (χ4n) is 2.19. The minimum atomic E-state index is -0.205. The summed E-state index contributed by atoms with van der Waals surface area (Å²) in [4.78, 5) is 4.59. The van der Waals surface area contributed by atoms with Gasteiger partial charge in [-0.15, -0.1) is 11.3 Å². The number of nitrogens with two attached hydrogens (primary N) is 1. The number of halogens is 1. The maximum Gasteiger partial charge on any atom is 0.126 e. The Labute approximate surface area is 127 Å². The van der Waals surface area contributed by atoms with Crippen molar-refractivity contribution in [3.8, 4) is 11.3 Å². The second-order valence-corrected chi connectivity index (χ2v) is 5.74. The zero-order valence-corrected chi connectivity index (χ0v) is 12.2. The molecule has 0 aliphatic heterocycles. The third-order valence-electron chi connectivity index (χ3n) is 3.31. The number of benzene rings is 2. The molecule has 0 bridgehead atoms. The monoisotopic (exact) mass is 298 g/mol. The minimum Gasteiger partial charge on any atom is -0.326 e. The summed E-state index contributed by atoms with van der Waals surface area (Å²) in [6, 6.07) is 15.0. The van der Waals surface area contributed by atoms with Gasteiger partial charge in [0.05, 0.1) is 10.7 Å². The van der Waals surface area contributed by atoms with Crippen molar-refractivity contribution in [3.05, 3.63) is 75.9 Å². The summed E-state index contributed by atoms with van der Waals surface area (Å²) in [5.41, 5.74) is 9.20. The summed E-state index contributed by atoms with van der Waals surface area (Å²) in [6.45, 7) is 0.417. The van der Waals surface area contributed by atoms with E-state index in [4.69, 9.17) is 5.73 Å². The Bertz CT molecular complexity index is 738. The van der Waals surface area contributed by atoms with E-state index < -0.39 is 0 Å². The normalized spacial score (nSPS) is 10.8. The van der Waals surface area contributed by atoms with Crippen LogP contribution >= 0.6 is 11.3 Å². The Kier molecular flexibility index (Phi) is 4.08. The molecule has 4 heteroatoms. The maximum atomic E-state index is 13.9. The molecule has 0 aliphatic carbocycles. The lowest BCUT2D eigenvalue weighted by Gasteiger charge is -2.03. The third kappa shape index (κ3) is 3.17. The molecule has 3 rings (SSSR count). The molecular weight excluding hydrogens is 283 g/mol. The molecule has 0 saturated carbocycles. The van der Waals surface area contributed by atoms with Gasteiger partial charge in [-0.05, 0) is 17.2 Å². The van der Waals surface area contributed by atoms with Crippen LogP contribution in [0.4, 0.5) is 4.39 Å². The highest BCUT2D eigenvalue weighted by atomic mass is 32.1. The molecule has 0 aliphatic rings. The summed E-state index contributed by atoms with van der Waals surface area (Å²) >= 11 is 1.55. The number of rotatable bonds is 4. The lowest BCUT2D eigenvalue weighted by atomic mass is 10.1. The van der Waals surface area contributed by atoms with E-state index in [9.17, 15) is 4.39 Å². The molecule has 2 nitrogen and oxygen atoms in total. The SMILES string of the molecule is NCc1ccc(F)c(Cc2nc(-c3ccccc3)cs2)c1. The standard InChI is InChI=1S/C17H15FN2S/c18-15-7-6-12(10-19)8-14(15)9-17-20-16(11-21-17)13-4-2-1-3-5-13/h1-8,11H,9-10,19H2. The van der Waals surface area contributed by atoms with Gasteiger partial charge in [-0.25, -0.2) is 9.37 Å². The van der Waals surface area contributed by atoms with Crippen molar-refractivity contribution >= 4 is 11.3 Å². The van der Waals surface area contributed by atoms with Crippen molar-refractivity contribution < 1.29 is 4.39 Å². The van der Waals surface area contributed by atoms with Gasteiger partial charge in [0.1, 0.15) is 5.82 Å². The summed E-state index contributed by atoms with van der Waals surface area (Å²) in [5.74, 6) is -0.205. The number of aromatic nitrogens is 1. The molecule has 21 heavy (non-hydrogen) atoms. The van der Waals surface area contributed by atoms with Crippen LogP contribution in [0.3, 0.4) is 0 Å². The fraction of sp³-hybridized carbons (Fsp3) is 0.118. The Balaban J connectivity index is 1.85. The van der Waals surface area contributed by atoms with Crippen LogP contribution in [-0.4, -0.2) is 4.98 Å². The molecule has 3 aromatic rings. The van der Waals surface area contributed by atoms with Crippen molar-refractivity contribution in [2.24, 2.45) is 5.73 Å². The first-order valence-electron chi connectivity index (χ1n) is 6.73. The van der Waals surface area contributed by atoms with E-state index in [1.54, 1.807) is 17.4 Å². The molecule has 1 aromatic heterocycles. The molecule has 0 atom stereocenters. The van der Waals surface area contributed by atoms with E-state index in [1.807, 2.05) is 41.8 Å². The lowest BCUT2D eigenvalue weighted by Crippen LogP contribution is -2.00. The predicted octanol–water partition coefficient (Wildman–Crippen LogP) is 4.00. The van der Waals surface area contributed by atoms with Crippen LogP contribution < -0.4 is 5.73 Å². The zero-order chi connectivity index (χ0) is 14.7. The lowest BCUT2D eigenvalue weighted by molar-refractivity contribution is 0.613. The van der Waals surface area contributed by atoms with Crippen LogP contribution in [0.5, 0.6) is 0 Å². The van der Waals surface area contributed by atoms with Gasteiger partial charge in [-0.2, -0.15) is 0 Å². The highest BCUT2D eigenvalue weighted by molar-refractivity contribution is 7.10. The first-order chi connectivity index (χ1) is 10.3. The van der Waals surface area contributed by atoms with Crippen molar-refractivity contribution in [3.63, 3.8) is 0 Å². The quantitative estimate of drug-likeness (QED) is 0.790. The average Bonchev–Trinajstić information content (AvgIpc) is 2.99. The molecular formula is C17H15FN2S. The van der Waals surface area contributed by atoms with Crippen molar-refractivity contribution in [1.82, 2.24) is 4.98 Å². The van der Waals surface area contributed by atoms with Gasteiger partial charge in [-0.1, -0.05) is 42.5 Å². The Morgan fingerprint density at radius 3 is 2.67 bits per heavy atom. The number of hydrogen-bond donors (Lipinski definition) is 1. The highest BCUT2D eigenvalue weighted by Crippen LogP contribution is 2.24. The van der Waals surface area contributed by atoms with Crippen LogP contribution in [-0.2, 0) is 13.0 Å². The summed E-state index contributed by atoms with van der Waals surface area (Å²) < 4.78 is 13.9. The van der Waals surface area contributed by atoms with Crippen LogP contribution in [0.25, 0.3) is 11.3 Å². The topological polar surface area (TPSA) is 38.9 Å². The van der Waals surface area contributed by atoms with E-state index in [1.165, 1.54) is 6.07 Å². The average molecular weight is 298 g/mol. The van der Waals surface area contributed by atoms with Gasteiger partial charge < -0.3 is 5.73 Å². The maximum absolute atomic E-state index is 13.9. The molecule has 2 N–H and O–H groups in total. The number of hydrogen-bond acceptors (Lipinski definition) is 3. The summed E-state index contributed by atoms with van der Waals surface area (Å²) in [7, 11) is 0. The van der Waals surface area contributed by atoms with E-state index in [0.717, 1.165) is 21.8 Å². The van der Waals surface area contributed by atoms with Gasteiger partial charge in [0, 0.05) is 23.9 Å². The number of thiazole rings is 1. The molecule has 2 aromatic carbocycles. The Morgan fingerprint density at radius 2 is 1.90 bits per heavy atom. The van der Waals surface area contributed by atoms with Crippen molar-refractivity contribution in [2.45, 2.75) is 13.0 Å². The molecule has 0 amide bonds. The van der Waals surface area contributed by atoms with Gasteiger partial charge in [-0.3, -0.25) is 0 Å². The van der Waals surface area contributed by atoms with Crippen LogP contribution in [0.2, 0.25) is 0 Å². The smallest absolute Gasteiger partial charge is 0.126 e. The Morgan fingerprint density at radius 1 is 1.10 bits per heavy atom. The first kappa shape index (κ1) is 13.9. The largest absolute Gasteiger partial charge is 0.326 e. The summed E-state index contributed by atoms with van der Waals surface area (Å²) in [5, 5.41) is 2.91. The molecule has 0 saturated heterocycles. The number of nitrogens with zero attached hydrogens (tertiary/aromatic N) is 1.